The van der Waals surface area contributed by atoms with Gasteiger partial charge in [0.1, 0.15) is 5.75 Å². The van der Waals surface area contributed by atoms with Gasteiger partial charge in [0, 0.05) is 13.1 Å². The Morgan fingerprint density at radius 3 is 2.45 bits per heavy atom. The highest BCUT2D eigenvalue weighted by Crippen LogP contribution is 2.43. The number of rotatable bonds is 2. The number of hydrogen-bond donors (Lipinski definition) is 0. The number of halogens is 3. The first-order chi connectivity index (χ1) is 9.47. The van der Waals surface area contributed by atoms with Gasteiger partial charge in [0.2, 0.25) is 5.39 Å². The van der Waals surface area contributed by atoms with Gasteiger partial charge in [-0.2, -0.15) is 13.2 Å². The molecule has 1 aliphatic rings. The summed E-state index contributed by atoms with van der Waals surface area (Å²) in [4.78, 5) is 4.44. The lowest BCUT2D eigenvalue weighted by Gasteiger charge is -2.30. The van der Waals surface area contributed by atoms with Crippen molar-refractivity contribution in [1.82, 2.24) is 0 Å². The molecule has 5 nitrogen and oxygen atoms in total. The van der Waals surface area contributed by atoms with Gasteiger partial charge in [0.25, 0.3) is 0 Å². The van der Waals surface area contributed by atoms with Gasteiger partial charge >= 0.3 is 11.9 Å². The third-order valence-corrected chi connectivity index (χ3v) is 3.06. The Labute approximate surface area is 113 Å². The summed E-state index contributed by atoms with van der Waals surface area (Å²) in [5.74, 6) is 0.229. The van der Waals surface area contributed by atoms with E-state index in [0.717, 1.165) is 12.1 Å². The van der Waals surface area contributed by atoms with Gasteiger partial charge in [0.15, 0.2) is 10.5 Å². The van der Waals surface area contributed by atoms with Gasteiger partial charge < -0.3 is 14.4 Å². The summed E-state index contributed by atoms with van der Waals surface area (Å²) in [5.41, 5.74) is -1.25. The van der Waals surface area contributed by atoms with Crippen molar-refractivity contribution in [3.63, 3.8) is 0 Å². The minimum absolute atomic E-state index is 0.229. The molecule has 0 unspecified atom stereocenters. The van der Waals surface area contributed by atoms with Crippen LogP contribution in [0.25, 0.3) is 4.98 Å². The van der Waals surface area contributed by atoms with Crippen molar-refractivity contribution in [1.29, 1.82) is 5.39 Å². The second-order valence-electron chi connectivity index (χ2n) is 4.24. The molecule has 0 aromatic heterocycles. The van der Waals surface area contributed by atoms with Crippen LogP contribution in [0, 0.1) is 5.39 Å². The molecule has 0 N–H and O–H groups in total. The van der Waals surface area contributed by atoms with Crippen molar-refractivity contribution in [3.05, 3.63) is 22.7 Å². The number of anilines is 1. The van der Waals surface area contributed by atoms with Gasteiger partial charge in [0.05, 0.1) is 32.1 Å². The second-order valence-corrected chi connectivity index (χ2v) is 4.24. The van der Waals surface area contributed by atoms with Gasteiger partial charge in [-0.05, 0) is 6.07 Å². The Morgan fingerprint density at radius 2 is 1.95 bits per heavy atom. The molecule has 0 amide bonds. The largest absolute Gasteiger partial charge is 0.494 e. The normalized spacial score (nSPS) is 15.8. The van der Waals surface area contributed by atoms with Crippen LogP contribution < -0.4 is 9.64 Å². The van der Waals surface area contributed by atoms with Crippen LogP contribution in [-0.2, 0) is 10.9 Å². The third-order valence-electron chi connectivity index (χ3n) is 3.06. The first-order valence-electron chi connectivity index (χ1n) is 5.94. The highest BCUT2D eigenvalue weighted by molar-refractivity contribution is 5.70. The molecule has 20 heavy (non-hydrogen) atoms. The van der Waals surface area contributed by atoms with Crippen molar-refractivity contribution in [3.8, 4) is 5.75 Å². The lowest BCUT2D eigenvalue weighted by Crippen LogP contribution is -2.36. The average molecular weight is 288 g/mol. The molecule has 0 aliphatic carbocycles. The van der Waals surface area contributed by atoms with Gasteiger partial charge in [-0.3, -0.25) is 0 Å². The first-order valence-corrected chi connectivity index (χ1v) is 5.94. The second kappa shape index (κ2) is 5.54. The molecule has 2 rings (SSSR count). The summed E-state index contributed by atoms with van der Waals surface area (Å²) in [6, 6.07) is 2.02. The lowest BCUT2D eigenvalue weighted by atomic mass is 10.1. The van der Waals surface area contributed by atoms with Crippen molar-refractivity contribution in [2.24, 2.45) is 0 Å². The third kappa shape index (κ3) is 2.77. The van der Waals surface area contributed by atoms with Crippen LogP contribution in [0.15, 0.2) is 12.1 Å². The summed E-state index contributed by atoms with van der Waals surface area (Å²) in [6.07, 6.45) is -4.60. The summed E-state index contributed by atoms with van der Waals surface area (Å²) in [5, 5.41) is 8.74. The van der Waals surface area contributed by atoms with Crippen molar-refractivity contribution in [2.75, 3.05) is 38.3 Å². The fourth-order valence-electron chi connectivity index (χ4n) is 2.08. The van der Waals surface area contributed by atoms with Crippen molar-refractivity contribution < 1.29 is 22.6 Å². The standard InChI is InChI=1S/C12H13F3N3O2/c1-19-11-7-9(17-16)8(12(13,14)15)6-10(11)18-2-4-20-5-3-18/h6-7H,2-5H2,1H3/q+1. The first kappa shape index (κ1) is 14.4. The fourth-order valence-corrected chi connectivity index (χ4v) is 2.08. The molecule has 0 saturated carbocycles. The summed E-state index contributed by atoms with van der Waals surface area (Å²) in [6.45, 7) is 1.83. The van der Waals surface area contributed by atoms with E-state index in [1.54, 1.807) is 4.90 Å². The number of morpholine rings is 1. The minimum Gasteiger partial charge on any atom is -0.494 e. The maximum Gasteiger partial charge on any atom is 0.424 e. The molecule has 1 fully saturated rings. The van der Waals surface area contributed by atoms with Crippen LogP contribution in [0.3, 0.4) is 0 Å². The SMILES string of the molecule is COc1cc([N+]#N)c(C(F)(F)F)cc1N1CCOCC1. The number of nitrogens with zero attached hydrogens (tertiary/aromatic N) is 3. The minimum atomic E-state index is -4.60. The monoisotopic (exact) mass is 288 g/mol. The summed E-state index contributed by atoms with van der Waals surface area (Å²) < 4.78 is 49.2. The van der Waals surface area contributed by atoms with Crippen LogP contribution in [0.5, 0.6) is 5.75 Å². The van der Waals surface area contributed by atoms with E-state index in [0.29, 0.717) is 32.0 Å². The molecular weight excluding hydrogens is 275 g/mol. The lowest BCUT2D eigenvalue weighted by molar-refractivity contribution is -0.136. The Bertz CT molecular complexity index is 534. The zero-order chi connectivity index (χ0) is 14.8. The van der Waals surface area contributed by atoms with E-state index in [1.165, 1.54) is 7.11 Å². The van der Waals surface area contributed by atoms with Crippen LogP contribution in [0.2, 0.25) is 0 Å². The van der Waals surface area contributed by atoms with E-state index in [9.17, 15) is 13.2 Å². The Kier molecular flexibility index (Phi) is 3.99. The Morgan fingerprint density at radius 1 is 1.30 bits per heavy atom. The predicted molar refractivity (Wildman–Crippen MR) is 65.8 cm³/mol. The van der Waals surface area contributed by atoms with E-state index in [4.69, 9.17) is 14.9 Å². The smallest absolute Gasteiger partial charge is 0.424 e. The molecule has 8 heteroatoms. The number of diazo groups is 1. The van der Waals surface area contributed by atoms with E-state index < -0.39 is 17.4 Å². The molecule has 108 valence electrons. The average Bonchev–Trinajstić information content (AvgIpc) is 2.45. The molecule has 1 heterocycles. The zero-order valence-corrected chi connectivity index (χ0v) is 10.8. The number of hydrogen-bond acceptors (Lipinski definition) is 4. The van der Waals surface area contributed by atoms with Crippen LogP contribution in [0.4, 0.5) is 24.5 Å². The molecule has 0 bridgehead atoms. The van der Waals surface area contributed by atoms with Gasteiger partial charge in [-0.25, -0.2) is 0 Å². The predicted octanol–water partition coefficient (Wildman–Crippen LogP) is 3.04. The van der Waals surface area contributed by atoms with Crippen molar-refractivity contribution >= 4 is 11.4 Å². The van der Waals surface area contributed by atoms with E-state index in [-0.39, 0.29) is 5.75 Å². The molecule has 0 atom stereocenters. The van der Waals surface area contributed by atoms with Crippen LogP contribution in [0.1, 0.15) is 5.56 Å². The maximum atomic E-state index is 13.0. The van der Waals surface area contributed by atoms with E-state index in [1.807, 2.05) is 0 Å². The number of benzene rings is 1. The molecule has 0 spiro atoms. The number of ether oxygens (including phenoxy) is 2. The number of methoxy groups -OCH3 is 1. The summed E-state index contributed by atoms with van der Waals surface area (Å²) in [7, 11) is 1.35. The quantitative estimate of drug-likeness (QED) is 0.785. The van der Waals surface area contributed by atoms with E-state index in [2.05, 4.69) is 4.98 Å². The Hall–Kier alpha value is -2.01. The number of alkyl halides is 3. The Balaban J connectivity index is 2.52. The summed E-state index contributed by atoms with van der Waals surface area (Å²) >= 11 is 0. The molecular formula is C12H13F3N3O2+. The highest BCUT2D eigenvalue weighted by Gasteiger charge is 2.40. The molecule has 1 saturated heterocycles. The molecule has 1 aromatic rings. The highest BCUT2D eigenvalue weighted by atomic mass is 19.4. The van der Waals surface area contributed by atoms with Gasteiger partial charge in [-0.15, -0.1) is 0 Å². The van der Waals surface area contributed by atoms with Crippen molar-refractivity contribution in [2.45, 2.75) is 6.18 Å². The topological polar surface area (TPSA) is 49.8 Å². The maximum absolute atomic E-state index is 13.0. The van der Waals surface area contributed by atoms with Gasteiger partial charge in [-0.1, -0.05) is 0 Å². The van der Waals surface area contributed by atoms with E-state index >= 15 is 0 Å². The van der Waals surface area contributed by atoms with Crippen LogP contribution in [-0.4, -0.2) is 33.4 Å². The molecule has 1 aromatic carbocycles. The molecule has 1 aliphatic heterocycles. The molecule has 0 radical (unpaired) electrons. The fraction of sp³-hybridized carbons (Fsp3) is 0.500. The zero-order valence-electron chi connectivity index (χ0n) is 10.8. The van der Waals surface area contributed by atoms with Crippen LogP contribution >= 0.6 is 0 Å².